The van der Waals surface area contributed by atoms with E-state index in [-0.39, 0.29) is 16.7 Å². The van der Waals surface area contributed by atoms with Gasteiger partial charge < -0.3 is 15.8 Å². The predicted molar refractivity (Wildman–Crippen MR) is 122 cm³/mol. The third-order valence-electron chi connectivity index (χ3n) is 7.41. The molecule has 0 spiro atoms. The van der Waals surface area contributed by atoms with Crippen molar-refractivity contribution in [1.82, 2.24) is 5.32 Å². The van der Waals surface area contributed by atoms with Gasteiger partial charge in [-0.1, -0.05) is 44.5 Å². The Bertz CT molecular complexity index is 712. The molecule has 30 heavy (non-hydrogen) atoms. The smallest absolute Gasteiger partial charge is 0.220 e. The topological polar surface area (TPSA) is 72.2 Å². The van der Waals surface area contributed by atoms with Crippen molar-refractivity contribution in [3.63, 3.8) is 0 Å². The molecule has 1 aromatic carbocycles. The Hall–Kier alpha value is -1.68. The molecule has 1 amide bonds. The zero-order valence-corrected chi connectivity index (χ0v) is 18.9. The minimum absolute atomic E-state index is 0.0528. The van der Waals surface area contributed by atoms with E-state index in [1.54, 1.807) is 0 Å². The maximum Gasteiger partial charge on any atom is 0.220 e. The molecule has 4 atom stereocenters. The van der Waals surface area contributed by atoms with Crippen molar-refractivity contribution in [3.8, 4) is 0 Å². The van der Waals surface area contributed by atoms with E-state index in [2.05, 4.69) is 43.4 Å². The summed E-state index contributed by atoms with van der Waals surface area (Å²) in [4.78, 5) is 23.1. The molecular weight excluding hydrogens is 372 g/mol. The molecule has 0 aromatic heterocycles. The van der Waals surface area contributed by atoms with E-state index < -0.39 is 0 Å². The molecule has 4 heteroatoms. The van der Waals surface area contributed by atoms with Crippen molar-refractivity contribution < 1.29 is 9.59 Å². The molecule has 4 nitrogen and oxygen atoms in total. The summed E-state index contributed by atoms with van der Waals surface area (Å²) in [6, 6.07) is 8.95. The van der Waals surface area contributed by atoms with Gasteiger partial charge >= 0.3 is 0 Å². The van der Waals surface area contributed by atoms with E-state index in [0.717, 1.165) is 50.9 Å². The highest BCUT2D eigenvalue weighted by Gasteiger charge is 2.50. The van der Waals surface area contributed by atoms with Crippen molar-refractivity contribution in [1.29, 1.82) is 0 Å². The lowest BCUT2D eigenvalue weighted by atomic mass is 9.50. The summed E-state index contributed by atoms with van der Waals surface area (Å²) in [5, 5.41) is 3.13. The van der Waals surface area contributed by atoms with Gasteiger partial charge in [0.15, 0.2) is 0 Å². The molecule has 166 valence electrons. The highest BCUT2D eigenvalue weighted by molar-refractivity contribution is 5.76. The summed E-state index contributed by atoms with van der Waals surface area (Å²) >= 11 is 0. The minimum Gasteiger partial charge on any atom is -0.356 e. The van der Waals surface area contributed by atoms with Crippen LogP contribution in [0.3, 0.4) is 0 Å². The minimum atomic E-state index is 0.0528. The third-order valence-corrected chi connectivity index (χ3v) is 7.41. The van der Waals surface area contributed by atoms with Crippen LogP contribution in [-0.4, -0.2) is 18.7 Å². The van der Waals surface area contributed by atoms with Crippen LogP contribution in [0, 0.1) is 17.3 Å². The zero-order valence-electron chi connectivity index (χ0n) is 18.9. The Balaban J connectivity index is 1.65. The maximum atomic E-state index is 12.7. The average Bonchev–Trinajstić information content (AvgIpc) is 2.69. The van der Waals surface area contributed by atoms with E-state index >= 15 is 0 Å². The van der Waals surface area contributed by atoms with Crippen LogP contribution in [0.4, 0.5) is 0 Å². The molecule has 0 aliphatic heterocycles. The monoisotopic (exact) mass is 412 g/mol. The molecule has 2 saturated carbocycles. The van der Waals surface area contributed by atoms with Crippen molar-refractivity contribution >= 4 is 12.2 Å². The lowest BCUT2D eigenvalue weighted by Gasteiger charge is -2.55. The number of carbonyl (C=O) groups excluding carboxylic acids is 2. The Morgan fingerprint density at radius 1 is 1.17 bits per heavy atom. The molecular formula is C26H40N2O2. The number of aldehydes is 1. The highest BCUT2D eigenvalue weighted by Crippen LogP contribution is 2.58. The molecule has 0 radical (unpaired) electrons. The average molecular weight is 413 g/mol. The third kappa shape index (κ3) is 5.72. The molecule has 4 unspecified atom stereocenters. The second-order valence-corrected chi connectivity index (χ2v) is 10.5. The van der Waals surface area contributed by atoms with Gasteiger partial charge in [-0.3, -0.25) is 4.79 Å². The molecule has 2 bridgehead atoms. The maximum absolute atomic E-state index is 12.7. The van der Waals surface area contributed by atoms with Crippen LogP contribution < -0.4 is 11.1 Å². The zero-order chi connectivity index (χ0) is 21.6. The molecule has 3 N–H and O–H groups in total. The number of fused-ring (bicyclic) bond motifs is 2. The first-order valence-electron chi connectivity index (χ1n) is 11.9. The summed E-state index contributed by atoms with van der Waals surface area (Å²) in [7, 11) is 0. The SMILES string of the molecule is CC1CC2CC(C)(CC(=O)NCCCCCC=O)CC(c3ccc(CN)cc3)(C1)C2. The normalized spacial score (nSPS) is 30.6. The van der Waals surface area contributed by atoms with E-state index in [9.17, 15) is 9.59 Å². The van der Waals surface area contributed by atoms with Crippen LogP contribution in [0.5, 0.6) is 0 Å². The number of benzene rings is 1. The van der Waals surface area contributed by atoms with Crippen molar-refractivity contribution in [2.45, 2.75) is 90.0 Å². The van der Waals surface area contributed by atoms with Crippen LogP contribution in [0.1, 0.15) is 89.2 Å². The second-order valence-electron chi connectivity index (χ2n) is 10.5. The molecule has 2 fully saturated rings. The van der Waals surface area contributed by atoms with Gasteiger partial charge in [-0.15, -0.1) is 0 Å². The summed E-state index contributed by atoms with van der Waals surface area (Å²) in [6.45, 7) is 6.04. The van der Waals surface area contributed by atoms with Gasteiger partial charge in [0.25, 0.3) is 0 Å². The number of hydrogen-bond donors (Lipinski definition) is 2. The van der Waals surface area contributed by atoms with Gasteiger partial charge in [-0.05, 0) is 78.7 Å². The Labute approximate surface area is 182 Å². The summed E-state index contributed by atoms with van der Waals surface area (Å²) in [5.41, 5.74) is 8.68. The van der Waals surface area contributed by atoms with E-state index in [4.69, 9.17) is 5.73 Å². The number of amides is 1. The van der Waals surface area contributed by atoms with Gasteiger partial charge in [0.2, 0.25) is 5.91 Å². The summed E-state index contributed by atoms with van der Waals surface area (Å²) < 4.78 is 0. The van der Waals surface area contributed by atoms with Gasteiger partial charge in [0.1, 0.15) is 6.29 Å². The number of nitrogens with one attached hydrogen (secondary N) is 1. The Morgan fingerprint density at radius 3 is 2.63 bits per heavy atom. The van der Waals surface area contributed by atoms with Gasteiger partial charge in [0, 0.05) is 25.9 Å². The van der Waals surface area contributed by atoms with Crippen molar-refractivity contribution in [2.24, 2.45) is 23.0 Å². The van der Waals surface area contributed by atoms with Crippen LogP contribution in [0.15, 0.2) is 24.3 Å². The fourth-order valence-corrected chi connectivity index (χ4v) is 6.60. The molecule has 0 heterocycles. The van der Waals surface area contributed by atoms with Gasteiger partial charge in [-0.2, -0.15) is 0 Å². The molecule has 0 saturated heterocycles. The molecule has 2 aliphatic carbocycles. The molecule has 1 aromatic rings. The van der Waals surface area contributed by atoms with Crippen LogP contribution in [0.25, 0.3) is 0 Å². The van der Waals surface area contributed by atoms with Gasteiger partial charge in [-0.25, -0.2) is 0 Å². The lowest BCUT2D eigenvalue weighted by Crippen LogP contribution is -2.48. The quantitative estimate of drug-likeness (QED) is 0.425. The summed E-state index contributed by atoms with van der Waals surface area (Å²) in [6.07, 6.45) is 11.1. The molecule has 3 rings (SSSR count). The predicted octanol–water partition coefficient (Wildman–Crippen LogP) is 4.89. The number of unbranched alkanes of at least 4 members (excludes halogenated alkanes) is 3. The van der Waals surface area contributed by atoms with Gasteiger partial charge in [0.05, 0.1) is 0 Å². The highest BCUT2D eigenvalue weighted by atomic mass is 16.1. The summed E-state index contributed by atoms with van der Waals surface area (Å²) in [5.74, 6) is 1.63. The first-order valence-corrected chi connectivity index (χ1v) is 11.9. The first kappa shape index (κ1) is 23.0. The first-order chi connectivity index (χ1) is 14.4. The Kier molecular flexibility index (Phi) is 7.73. The Morgan fingerprint density at radius 2 is 1.93 bits per heavy atom. The molecule has 2 aliphatic rings. The van der Waals surface area contributed by atoms with Crippen LogP contribution >= 0.6 is 0 Å². The number of nitrogens with two attached hydrogens (primary N) is 1. The number of hydrogen-bond acceptors (Lipinski definition) is 3. The lowest BCUT2D eigenvalue weighted by molar-refractivity contribution is -0.125. The van der Waals surface area contributed by atoms with Crippen molar-refractivity contribution in [2.75, 3.05) is 6.54 Å². The van der Waals surface area contributed by atoms with Crippen LogP contribution in [0.2, 0.25) is 0 Å². The fraction of sp³-hybridized carbons (Fsp3) is 0.692. The fourth-order valence-electron chi connectivity index (χ4n) is 6.60. The standard InChI is InChI=1S/C26H40N2O2/c1-20-13-22-15-25(2,17-24(30)28-11-5-3-4-6-12-29)19-26(14-20,16-22)23-9-7-21(18-27)8-10-23/h7-10,12,20,22H,3-6,11,13-19,27H2,1-2H3,(H,28,30). The van der Waals surface area contributed by atoms with E-state index in [1.165, 1.54) is 30.4 Å². The van der Waals surface area contributed by atoms with Crippen LogP contribution in [-0.2, 0) is 21.5 Å². The number of carbonyl (C=O) groups is 2. The second kappa shape index (κ2) is 10.1. The van der Waals surface area contributed by atoms with E-state index in [0.29, 0.717) is 25.3 Å². The van der Waals surface area contributed by atoms with Crippen molar-refractivity contribution in [3.05, 3.63) is 35.4 Å². The number of rotatable bonds is 10. The van der Waals surface area contributed by atoms with E-state index in [1.807, 2.05) is 0 Å². The largest absolute Gasteiger partial charge is 0.356 e.